The van der Waals surface area contributed by atoms with E-state index in [1.54, 1.807) is 0 Å². The van der Waals surface area contributed by atoms with E-state index < -0.39 is 232 Å². The van der Waals surface area contributed by atoms with Crippen molar-refractivity contribution in [2.75, 3.05) is 20.2 Å². The molecule has 0 saturated carbocycles. The summed E-state index contributed by atoms with van der Waals surface area (Å²) in [4.78, 5) is 168. The molecule has 11 amide bonds. The number of phenolic OH excluding ortho intramolecular Hbond substituents is 1. The second-order valence-corrected chi connectivity index (χ2v) is 24.8. The van der Waals surface area contributed by atoms with Crippen molar-refractivity contribution in [1.29, 1.82) is 0 Å². The summed E-state index contributed by atoms with van der Waals surface area (Å²) in [5, 5.41) is 114. The van der Waals surface area contributed by atoms with E-state index in [0.717, 1.165) is 79.3 Å². The Hall–Kier alpha value is -8.00. The minimum absolute atomic E-state index is 0.0390. The molecule has 3 rings (SSSR count). The summed E-state index contributed by atoms with van der Waals surface area (Å²) >= 11 is 0. The maximum Gasteiger partial charge on any atom is 0.329 e. The standard InChI is InChI=1S/C64H103N11O24/c1-8-10-11-12-13-14-15-16-17-18-19-20-42(80)51(84)62(95)73-48(33(4)78)59(92)74-49-34(5)97-63(96)40(26-28-45(66)82)70-61(94)50(35(6)98-64-54(87)53(86)52(85)43(31-76)99-64)75(7)46(83)30-67-55(88)39(25-27-44(65)81)69-56(89)38(9-2)68-57(90)41(29-36-21-23-37(79)24-22-36)71-58(91)47(32(3)77)72-60(49)93/h9,21-24,32-35,39-43,47-54,64,76-80,84-87H,8,10-20,25-31H2,1-7H3,(H2,65,81)(H2,66,82)(H,67,88)(H,68,90)(H,69,89)(H,70,94)(H,71,91)(H,72,93)(H,73,95)(H,74,92)/b38-9-/t32-,33+,34+,35-,39-,40-,41+,42-,43-,47-,48-,49+,50+,51+,52+,53+,54-,64+/m1/s1. The average Bonchev–Trinajstić information content (AvgIpc) is 0.857. The fourth-order valence-corrected chi connectivity index (χ4v) is 10.8. The highest BCUT2D eigenvalue weighted by atomic mass is 16.7. The summed E-state index contributed by atoms with van der Waals surface area (Å²) in [6.45, 7) is 5.57. The fraction of sp³-hybridized carbons (Fsp3) is 0.688. The lowest BCUT2D eigenvalue weighted by Crippen LogP contribution is -2.64. The van der Waals surface area contributed by atoms with Gasteiger partial charge in [0.15, 0.2) is 12.4 Å². The minimum Gasteiger partial charge on any atom is -0.508 e. The summed E-state index contributed by atoms with van der Waals surface area (Å²) in [6, 6.07) is -8.97. The van der Waals surface area contributed by atoms with Gasteiger partial charge in [0.2, 0.25) is 53.2 Å². The largest absolute Gasteiger partial charge is 0.508 e. The Labute approximate surface area is 573 Å². The van der Waals surface area contributed by atoms with E-state index in [-0.39, 0.29) is 17.7 Å². The number of esters is 1. The molecule has 0 aromatic heterocycles. The molecule has 2 aliphatic rings. The van der Waals surface area contributed by atoms with E-state index in [9.17, 15) is 103 Å². The zero-order valence-electron chi connectivity index (χ0n) is 57.0. The number of ether oxygens (including phenoxy) is 3. The average molecular weight is 1410 g/mol. The molecule has 1 aromatic rings. The lowest BCUT2D eigenvalue weighted by atomic mass is 9.99. The van der Waals surface area contributed by atoms with E-state index in [4.69, 9.17) is 25.7 Å². The number of nitrogens with zero attached hydrogens (tertiary/aromatic N) is 1. The molecule has 0 unspecified atom stereocenters. The Balaban J connectivity index is 2.22. The lowest BCUT2D eigenvalue weighted by molar-refractivity contribution is -0.312. The van der Waals surface area contributed by atoms with Crippen LogP contribution in [-0.4, -0.2) is 252 Å². The Morgan fingerprint density at radius 2 is 1.28 bits per heavy atom. The third-order valence-corrected chi connectivity index (χ3v) is 16.7. The van der Waals surface area contributed by atoms with Gasteiger partial charge < -0.3 is 119 Å². The van der Waals surface area contributed by atoms with Crippen LogP contribution in [0.4, 0.5) is 0 Å². The van der Waals surface area contributed by atoms with Crippen LogP contribution in [-0.2, 0) is 78.2 Å². The zero-order valence-corrected chi connectivity index (χ0v) is 57.0. The van der Waals surface area contributed by atoms with Crippen molar-refractivity contribution in [3.8, 4) is 5.75 Å². The second-order valence-electron chi connectivity index (χ2n) is 24.8. The number of primary amides is 2. The molecule has 2 fully saturated rings. The first-order valence-corrected chi connectivity index (χ1v) is 33.2. The predicted molar refractivity (Wildman–Crippen MR) is 348 cm³/mol. The van der Waals surface area contributed by atoms with Crippen LogP contribution < -0.4 is 54.0 Å². The van der Waals surface area contributed by atoms with E-state index in [2.05, 4.69) is 49.5 Å². The maximum absolute atomic E-state index is 14.8. The topological polar surface area (TPSA) is 566 Å². The van der Waals surface area contributed by atoms with Crippen molar-refractivity contribution in [3.63, 3.8) is 0 Å². The monoisotopic (exact) mass is 1410 g/mol. The summed E-state index contributed by atoms with van der Waals surface area (Å²) < 4.78 is 17.0. The van der Waals surface area contributed by atoms with Crippen molar-refractivity contribution >= 4 is 70.9 Å². The van der Waals surface area contributed by atoms with Crippen LogP contribution in [0, 0.1) is 0 Å². The molecule has 0 radical (unpaired) electrons. The first-order chi connectivity index (χ1) is 46.7. The van der Waals surface area contributed by atoms with Crippen LogP contribution in [0.25, 0.3) is 0 Å². The number of unbranched alkanes of at least 4 members (excludes halogenated alkanes) is 10. The Bertz CT molecular complexity index is 2880. The summed E-state index contributed by atoms with van der Waals surface area (Å²) in [6.07, 6.45) is -12.1. The van der Waals surface area contributed by atoms with Crippen LogP contribution in [0.1, 0.15) is 150 Å². The number of carbonyl (C=O) groups is 12. The molecule has 2 heterocycles. The number of nitrogens with two attached hydrogens (primary N) is 2. The number of aliphatic hydroxyl groups is 8. The van der Waals surface area contributed by atoms with Gasteiger partial charge in [0.1, 0.15) is 84.3 Å². The van der Waals surface area contributed by atoms with Crippen molar-refractivity contribution in [2.45, 2.75) is 260 Å². The molecule has 2 aliphatic heterocycles. The van der Waals surface area contributed by atoms with Crippen LogP contribution in [0.3, 0.4) is 0 Å². The van der Waals surface area contributed by atoms with E-state index in [0.29, 0.717) is 17.7 Å². The van der Waals surface area contributed by atoms with Gasteiger partial charge in [-0.15, -0.1) is 0 Å². The number of aromatic hydroxyl groups is 1. The van der Waals surface area contributed by atoms with Gasteiger partial charge in [-0.1, -0.05) is 95.8 Å². The third kappa shape index (κ3) is 27.9. The summed E-state index contributed by atoms with van der Waals surface area (Å²) in [5.74, 6) is -15.4. The number of hydrogen-bond acceptors (Lipinski definition) is 24. The fourth-order valence-electron chi connectivity index (χ4n) is 10.8. The minimum atomic E-state index is -2.30. The van der Waals surface area contributed by atoms with Crippen molar-refractivity contribution < 1.29 is 118 Å². The van der Waals surface area contributed by atoms with Crippen molar-refractivity contribution in [1.82, 2.24) is 47.4 Å². The van der Waals surface area contributed by atoms with E-state index in [1.165, 1.54) is 50.5 Å². The smallest absolute Gasteiger partial charge is 0.329 e. The van der Waals surface area contributed by atoms with Gasteiger partial charge in [-0.3, -0.25) is 52.7 Å². The Morgan fingerprint density at radius 1 is 0.717 bits per heavy atom. The molecular weight excluding hydrogens is 1310 g/mol. The van der Waals surface area contributed by atoms with Gasteiger partial charge in [-0.2, -0.15) is 0 Å². The highest BCUT2D eigenvalue weighted by Gasteiger charge is 2.47. The summed E-state index contributed by atoms with van der Waals surface area (Å²) in [5.41, 5.74) is 10.5. The molecule has 0 bridgehead atoms. The molecule has 2 saturated heterocycles. The van der Waals surface area contributed by atoms with Gasteiger partial charge in [-0.25, -0.2) is 4.79 Å². The number of phenols is 1. The van der Waals surface area contributed by atoms with E-state index in [1.807, 2.05) is 0 Å². The highest BCUT2D eigenvalue weighted by Crippen LogP contribution is 2.25. The van der Waals surface area contributed by atoms with Crippen LogP contribution >= 0.6 is 0 Å². The van der Waals surface area contributed by atoms with Crippen LogP contribution in [0.5, 0.6) is 5.75 Å². The lowest BCUT2D eigenvalue weighted by Gasteiger charge is -2.42. The number of cyclic esters (lactones) is 1. The molecule has 0 spiro atoms. The molecule has 35 nitrogen and oxygen atoms in total. The number of nitrogens with one attached hydrogen (secondary N) is 8. The third-order valence-electron chi connectivity index (χ3n) is 16.7. The Kier molecular flexibility index (Phi) is 36.9. The zero-order chi connectivity index (χ0) is 74.4. The normalized spacial score (nSPS) is 26.8. The van der Waals surface area contributed by atoms with Gasteiger partial charge in [0.25, 0.3) is 11.8 Å². The van der Waals surface area contributed by atoms with Gasteiger partial charge in [0.05, 0.1) is 37.6 Å². The van der Waals surface area contributed by atoms with Crippen molar-refractivity contribution in [3.05, 3.63) is 41.6 Å². The molecule has 18 atom stereocenters. The number of carbonyl (C=O) groups excluding carboxylic acids is 12. The van der Waals surface area contributed by atoms with Crippen LogP contribution in [0.2, 0.25) is 0 Å². The number of benzene rings is 1. The molecule has 0 aliphatic carbocycles. The van der Waals surface area contributed by atoms with Gasteiger partial charge in [0, 0.05) is 26.3 Å². The molecule has 35 heteroatoms. The Morgan fingerprint density at radius 3 is 1.83 bits per heavy atom. The van der Waals surface area contributed by atoms with Crippen molar-refractivity contribution in [2.24, 2.45) is 11.5 Å². The predicted octanol–water partition coefficient (Wildman–Crippen LogP) is -5.33. The highest BCUT2D eigenvalue weighted by molar-refractivity contribution is 6.02. The second kappa shape index (κ2) is 42.8. The number of rotatable bonds is 31. The first kappa shape index (κ1) is 85.2. The molecule has 21 N–H and O–H groups in total. The first-order valence-electron chi connectivity index (χ1n) is 33.2. The van der Waals surface area contributed by atoms with Gasteiger partial charge in [-0.05, 0) is 71.6 Å². The number of likely N-dealkylation sites (N-methyl/N-ethyl adjacent to an activating group) is 1. The molecular formula is C64H103N11O24. The van der Waals surface area contributed by atoms with Gasteiger partial charge >= 0.3 is 5.97 Å². The number of amides is 11. The quantitative estimate of drug-likeness (QED) is 0.0188. The molecule has 99 heavy (non-hydrogen) atoms. The summed E-state index contributed by atoms with van der Waals surface area (Å²) in [7, 11) is 0.983. The van der Waals surface area contributed by atoms with E-state index >= 15 is 0 Å². The number of hydrogen-bond donors (Lipinski definition) is 19. The number of aliphatic hydroxyl groups excluding tert-OH is 8. The van der Waals surface area contributed by atoms with Crippen LogP contribution in [0.15, 0.2) is 36.0 Å². The molecule has 558 valence electrons. The molecule has 1 aromatic carbocycles. The number of allylic oxidation sites excluding steroid dienone is 1. The SMILES string of the molecule is C/C=C1\NC(=O)[C@H](Cc2ccc(O)cc2)NC(=O)[C@@H]([C@@H](C)O)NC(=O)[C@@H](NC(=O)[C@H](NC(=O)[C@@H](O)[C@H](O)CCCCCCCCCCCCC)[C@H](C)O)[C@H](C)OC(=O)[C@@H](CCC(N)=O)NC(=O)[C@H]([C@@H](C)O[C@H]2O[C@H](CO)[C@H](O)[C@H](O)[C@H]2O)N(C)C(=O)CNC(=O)[C@@H](CCC(N)=O)NC1=O. The maximum atomic E-state index is 14.8.